The van der Waals surface area contributed by atoms with Gasteiger partial charge in [0.05, 0.1) is 36.1 Å². The number of halogens is 1. The third-order valence-electron chi connectivity index (χ3n) is 4.14. The van der Waals surface area contributed by atoms with Crippen molar-refractivity contribution in [2.45, 2.75) is 31.9 Å². The normalized spacial score (nSPS) is 22.0. The van der Waals surface area contributed by atoms with Crippen molar-refractivity contribution in [3.05, 3.63) is 33.9 Å². The van der Waals surface area contributed by atoms with Gasteiger partial charge in [-0.15, -0.1) is 0 Å². The number of aryl methyl sites for hydroxylation is 1. The molecule has 0 spiro atoms. The predicted octanol–water partition coefficient (Wildman–Crippen LogP) is 2.90. The first kappa shape index (κ1) is 11.7. The maximum Gasteiger partial charge on any atom is 0.0914 e. The highest BCUT2D eigenvalue weighted by atomic mass is 79.9. The fraction of sp³-hybridized carbons (Fsp3) is 0.400. The predicted molar refractivity (Wildman–Crippen MR) is 80.0 cm³/mol. The second kappa shape index (κ2) is 4.18. The second-order valence-electron chi connectivity index (χ2n) is 5.37. The Morgan fingerprint density at radius 1 is 1.32 bits per heavy atom. The Kier molecular flexibility index (Phi) is 2.57. The smallest absolute Gasteiger partial charge is 0.0914 e. The first-order valence-corrected chi connectivity index (χ1v) is 7.56. The van der Waals surface area contributed by atoms with Gasteiger partial charge in [-0.1, -0.05) is 12.1 Å². The number of aliphatic imine (C=N–C) groups is 1. The first-order chi connectivity index (χ1) is 9.25. The molecule has 0 saturated heterocycles. The summed E-state index contributed by atoms with van der Waals surface area (Å²) >= 11 is 3.66. The maximum absolute atomic E-state index is 10.1. The summed E-state index contributed by atoms with van der Waals surface area (Å²) in [5.41, 5.74) is 5.07. The summed E-state index contributed by atoms with van der Waals surface area (Å²) in [5.74, 6) is 0. The molecule has 0 saturated carbocycles. The molecule has 98 valence electrons. The molecule has 1 N–H and O–H groups in total. The lowest BCUT2D eigenvalue weighted by atomic mass is 9.94. The van der Waals surface area contributed by atoms with Crippen molar-refractivity contribution >= 4 is 32.5 Å². The molecule has 1 aromatic carbocycles. The van der Waals surface area contributed by atoms with E-state index in [1.54, 1.807) is 0 Å². The molecule has 4 rings (SSSR count). The lowest BCUT2D eigenvalue weighted by Crippen LogP contribution is -2.19. The number of para-hydroxylation sites is 1. The van der Waals surface area contributed by atoms with Gasteiger partial charge in [-0.2, -0.15) is 0 Å². The van der Waals surface area contributed by atoms with Crippen LogP contribution >= 0.6 is 15.9 Å². The zero-order valence-electron chi connectivity index (χ0n) is 10.6. The minimum Gasteiger partial charge on any atom is -0.389 e. The van der Waals surface area contributed by atoms with E-state index in [1.807, 2.05) is 0 Å². The molecule has 0 amide bonds. The highest BCUT2D eigenvalue weighted by Crippen LogP contribution is 2.37. The number of hydrogen-bond donors (Lipinski definition) is 1. The molecule has 0 unspecified atom stereocenters. The summed E-state index contributed by atoms with van der Waals surface area (Å²) in [6.07, 6.45) is 2.93. The van der Waals surface area contributed by atoms with Gasteiger partial charge >= 0.3 is 0 Å². The standard InChI is InChI=1S/C15H15BrN2O/c16-12-5-1-3-10-11-4-2-6-13-15(11)18(14(10)12)8-9(19)7-17-13/h1,3,5,9,19H,2,4,6-8H2/t9-/m0/s1. The Morgan fingerprint density at radius 2 is 2.21 bits per heavy atom. The second-order valence-corrected chi connectivity index (χ2v) is 6.22. The third kappa shape index (κ3) is 1.63. The van der Waals surface area contributed by atoms with Crippen molar-refractivity contribution in [3.8, 4) is 0 Å². The first-order valence-electron chi connectivity index (χ1n) is 6.77. The van der Waals surface area contributed by atoms with Crippen LogP contribution in [0.1, 0.15) is 24.1 Å². The van der Waals surface area contributed by atoms with E-state index in [2.05, 4.69) is 43.7 Å². The fourth-order valence-corrected chi connectivity index (χ4v) is 3.97. The number of benzene rings is 1. The van der Waals surface area contributed by atoms with Crippen LogP contribution in [0.4, 0.5) is 0 Å². The van der Waals surface area contributed by atoms with E-state index in [-0.39, 0.29) is 6.10 Å². The van der Waals surface area contributed by atoms with E-state index in [1.165, 1.54) is 27.9 Å². The molecule has 2 aromatic rings. The summed E-state index contributed by atoms with van der Waals surface area (Å²) in [5, 5.41) is 11.4. The summed E-state index contributed by atoms with van der Waals surface area (Å²) in [6, 6.07) is 6.35. The van der Waals surface area contributed by atoms with Gasteiger partial charge in [0.25, 0.3) is 0 Å². The molecule has 2 heterocycles. The number of aromatic nitrogens is 1. The van der Waals surface area contributed by atoms with Crippen LogP contribution in [0.3, 0.4) is 0 Å². The summed E-state index contributed by atoms with van der Waals surface area (Å²) < 4.78 is 3.37. The number of fused-ring (bicyclic) bond motifs is 3. The number of nitrogens with zero attached hydrogens (tertiary/aromatic N) is 2. The molecule has 2 aliphatic rings. The molecule has 0 fully saturated rings. The molecule has 1 atom stereocenters. The molecular weight excluding hydrogens is 304 g/mol. The van der Waals surface area contributed by atoms with Crippen LogP contribution in [0.2, 0.25) is 0 Å². The van der Waals surface area contributed by atoms with E-state index in [0.717, 1.165) is 23.7 Å². The Hall–Kier alpha value is -1.13. The Balaban J connectivity index is 2.14. The number of hydrogen-bond acceptors (Lipinski definition) is 2. The van der Waals surface area contributed by atoms with Crippen LogP contribution in [0.25, 0.3) is 10.9 Å². The lowest BCUT2D eigenvalue weighted by Gasteiger charge is -2.16. The van der Waals surface area contributed by atoms with Gasteiger partial charge in [0.15, 0.2) is 0 Å². The monoisotopic (exact) mass is 318 g/mol. The van der Waals surface area contributed by atoms with Gasteiger partial charge in [-0.25, -0.2) is 0 Å². The van der Waals surface area contributed by atoms with Gasteiger partial charge in [0.2, 0.25) is 0 Å². The number of aliphatic hydroxyl groups excluding tert-OH is 1. The molecular formula is C15H15BrN2O. The van der Waals surface area contributed by atoms with Gasteiger partial charge in [0.1, 0.15) is 0 Å². The summed E-state index contributed by atoms with van der Waals surface area (Å²) in [4.78, 5) is 4.63. The molecule has 0 bridgehead atoms. The van der Waals surface area contributed by atoms with Gasteiger partial charge in [0, 0.05) is 9.86 Å². The quantitative estimate of drug-likeness (QED) is 0.796. The minimum absolute atomic E-state index is 0.384. The maximum atomic E-state index is 10.1. The summed E-state index contributed by atoms with van der Waals surface area (Å²) in [6.45, 7) is 1.17. The lowest BCUT2D eigenvalue weighted by molar-refractivity contribution is 0.166. The van der Waals surface area contributed by atoms with Crippen LogP contribution in [0.5, 0.6) is 0 Å². The van der Waals surface area contributed by atoms with Crippen LogP contribution in [0.15, 0.2) is 27.7 Å². The molecule has 1 aromatic heterocycles. The van der Waals surface area contributed by atoms with Crippen molar-refractivity contribution in [2.75, 3.05) is 6.54 Å². The topological polar surface area (TPSA) is 37.5 Å². The largest absolute Gasteiger partial charge is 0.389 e. The zero-order valence-corrected chi connectivity index (χ0v) is 12.2. The molecule has 1 aliphatic heterocycles. The van der Waals surface area contributed by atoms with Crippen molar-refractivity contribution in [3.63, 3.8) is 0 Å². The van der Waals surface area contributed by atoms with Crippen LogP contribution < -0.4 is 0 Å². The Labute approximate surface area is 120 Å². The van der Waals surface area contributed by atoms with E-state index in [4.69, 9.17) is 0 Å². The average Bonchev–Trinajstić information content (AvgIpc) is 2.62. The Morgan fingerprint density at radius 3 is 3.11 bits per heavy atom. The van der Waals surface area contributed by atoms with Crippen molar-refractivity contribution in [1.82, 2.24) is 4.57 Å². The highest BCUT2D eigenvalue weighted by Gasteiger charge is 2.28. The molecule has 4 heteroatoms. The van der Waals surface area contributed by atoms with Crippen LogP contribution in [-0.4, -0.2) is 28.0 Å². The van der Waals surface area contributed by atoms with E-state index in [0.29, 0.717) is 13.1 Å². The van der Waals surface area contributed by atoms with E-state index >= 15 is 0 Å². The van der Waals surface area contributed by atoms with Crippen molar-refractivity contribution in [1.29, 1.82) is 0 Å². The highest BCUT2D eigenvalue weighted by molar-refractivity contribution is 9.10. The van der Waals surface area contributed by atoms with E-state index in [9.17, 15) is 5.11 Å². The van der Waals surface area contributed by atoms with Gasteiger partial charge in [-0.05, 0) is 46.8 Å². The molecule has 3 nitrogen and oxygen atoms in total. The number of rotatable bonds is 0. The molecule has 0 radical (unpaired) electrons. The molecule has 1 aliphatic carbocycles. The van der Waals surface area contributed by atoms with Gasteiger partial charge in [-0.3, -0.25) is 4.99 Å². The summed E-state index contributed by atoms with van der Waals surface area (Å²) in [7, 11) is 0. The van der Waals surface area contributed by atoms with Crippen LogP contribution in [-0.2, 0) is 13.0 Å². The Bertz CT molecular complexity index is 702. The van der Waals surface area contributed by atoms with E-state index < -0.39 is 0 Å². The molecule has 19 heavy (non-hydrogen) atoms. The average molecular weight is 319 g/mol. The van der Waals surface area contributed by atoms with Gasteiger partial charge < -0.3 is 9.67 Å². The SMILES string of the molecule is O[C@H]1CN=C2CCCc3c2n(c2c(Br)cccc32)C1. The minimum atomic E-state index is -0.384. The van der Waals surface area contributed by atoms with Crippen molar-refractivity contribution < 1.29 is 5.11 Å². The van der Waals surface area contributed by atoms with Crippen LogP contribution in [0, 0.1) is 0 Å². The fourth-order valence-electron chi connectivity index (χ4n) is 3.39. The third-order valence-corrected chi connectivity index (χ3v) is 4.78. The van der Waals surface area contributed by atoms with Crippen molar-refractivity contribution in [2.24, 2.45) is 4.99 Å². The zero-order chi connectivity index (χ0) is 13.0. The number of aliphatic hydroxyl groups is 1.